The zero-order valence-corrected chi connectivity index (χ0v) is 13.8. The van der Waals surface area contributed by atoms with Gasteiger partial charge in [-0.15, -0.1) is 0 Å². The monoisotopic (exact) mass is 345 g/mol. The Balaban J connectivity index is 3.29. The van der Waals surface area contributed by atoms with Crippen LogP contribution in [0.4, 0.5) is 0 Å². The molecule has 1 aromatic rings. The molecule has 0 bridgehead atoms. The van der Waals surface area contributed by atoms with Gasteiger partial charge < -0.3 is 14.6 Å². The van der Waals surface area contributed by atoms with Crippen LogP contribution >= 0.6 is 0 Å². The summed E-state index contributed by atoms with van der Waals surface area (Å²) in [4.78, 5) is 22.4. The molecule has 0 heterocycles. The predicted octanol–water partition coefficient (Wildman–Crippen LogP) is 1.01. The summed E-state index contributed by atoms with van der Waals surface area (Å²) in [6.07, 6.45) is 0.617. The summed E-state index contributed by atoms with van der Waals surface area (Å²) in [6, 6.07) is 2.47. The highest BCUT2D eigenvalue weighted by molar-refractivity contribution is 7.89. The summed E-state index contributed by atoms with van der Waals surface area (Å²) in [5.74, 6) is -2.00. The number of benzene rings is 1. The van der Waals surface area contributed by atoms with Crippen LogP contribution in [-0.2, 0) is 19.6 Å². The van der Waals surface area contributed by atoms with Crippen LogP contribution in [0.3, 0.4) is 0 Å². The highest BCUT2D eigenvalue weighted by Crippen LogP contribution is 2.25. The number of methoxy groups -OCH3 is 2. The van der Waals surface area contributed by atoms with Crippen molar-refractivity contribution in [2.24, 2.45) is 0 Å². The second-order valence-corrected chi connectivity index (χ2v) is 6.34. The maximum absolute atomic E-state index is 12.5. The van der Waals surface area contributed by atoms with E-state index in [1.54, 1.807) is 6.92 Å². The largest absolute Gasteiger partial charge is 0.495 e. The second kappa shape index (κ2) is 7.93. The van der Waals surface area contributed by atoms with Gasteiger partial charge in [-0.05, 0) is 24.6 Å². The molecule has 0 saturated heterocycles. The Bertz CT molecular complexity index is 684. The minimum Gasteiger partial charge on any atom is -0.495 e. The highest BCUT2D eigenvalue weighted by Gasteiger charge is 2.28. The first-order valence-corrected chi connectivity index (χ1v) is 8.26. The Morgan fingerprint density at radius 3 is 2.43 bits per heavy atom. The van der Waals surface area contributed by atoms with Crippen LogP contribution in [0.25, 0.3) is 0 Å². The van der Waals surface area contributed by atoms with Gasteiger partial charge >= 0.3 is 11.9 Å². The lowest BCUT2D eigenvalue weighted by molar-refractivity contribution is -0.139. The van der Waals surface area contributed by atoms with Gasteiger partial charge in [0.05, 0.1) is 19.8 Å². The number of aliphatic carboxylic acids is 1. The SMILES string of the molecule is CCCC(NS(=O)(=O)c1cc(C(=O)OC)ccc1OC)C(=O)O. The molecule has 0 aliphatic carbocycles. The first-order valence-electron chi connectivity index (χ1n) is 6.78. The van der Waals surface area contributed by atoms with Crippen LogP contribution in [0.2, 0.25) is 0 Å². The van der Waals surface area contributed by atoms with Gasteiger partial charge in [-0.1, -0.05) is 13.3 Å². The van der Waals surface area contributed by atoms with Crippen LogP contribution in [0, 0.1) is 0 Å². The van der Waals surface area contributed by atoms with Gasteiger partial charge in [-0.3, -0.25) is 4.79 Å². The molecule has 1 rings (SSSR count). The standard InChI is InChI=1S/C14H19NO7S/c1-4-5-10(13(16)17)15-23(19,20)12-8-9(14(18)22-3)6-7-11(12)21-2/h6-8,10,15H,4-5H2,1-3H3,(H,16,17). The Morgan fingerprint density at radius 2 is 1.96 bits per heavy atom. The molecular weight excluding hydrogens is 326 g/mol. The Kier molecular flexibility index (Phi) is 6.52. The molecule has 0 amide bonds. The van der Waals surface area contributed by atoms with Gasteiger partial charge in [0.2, 0.25) is 10.0 Å². The van der Waals surface area contributed by atoms with Gasteiger partial charge in [0.25, 0.3) is 0 Å². The summed E-state index contributed by atoms with van der Waals surface area (Å²) in [6.45, 7) is 1.74. The van der Waals surface area contributed by atoms with Crippen molar-refractivity contribution in [3.05, 3.63) is 23.8 Å². The number of esters is 1. The van der Waals surface area contributed by atoms with Crippen LogP contribution in [0.15, 0.2) is 23.1 Å². The predicted molar refractivity (Wildman–Crippen MR) is 81.0 cm³/mol. The van der Waals surface area contributed by atoms with Crippen molar-refractivity contribution in [2.75, 3.05) is 14.2 Å². The van der Waals surface area contributed by atoms with Crippen molar-refractivity contribution in [1.82, 2.24) is 4.72 Å². The zero-order chi connectivity index (χ0) is 17.6. The normalized spacial score (nSPS) is 12.5. The average molecular weight is 345 g/mol. The maximum atomic E-state index is 12.5. The fraction of sp³-hybridized carbons (Fsp3) is 0.429. The third kappa shape index (κ3) is 4.67. The van der Waals surface area contributed by atoms with Gasteiger partial charge in [-0.2, -0.15) is 4.72 Å². The molecule has 1 atom stereocenters. The summed E-state index contributed by atoms with van der Waals surface area (Å²) in [5.41, 5.74) is 0.0102. The van der Waals surface area contributed by atoms with Crippen molar-refractivity contribution in [1.29, 1.82) is 0 Å². The lowest BCUT2D eigenvalue weighted by Crippen LogP contribution is -2.40. The van der Waals surface area contributed by atoms with E-state index in [1.165, 1.54) is 26.4 Å². The fourth-order valence-corrected chi connectivity index (χ4v) is 3.32. The number of carboxylic acid groups (broad SMARTS) is 1. The lowest BCUT2D eigenvalue weighted by atomic mass is 10.2. The summed E-state index contributed by atoms with van der Waals surface area (Å²) in [5, 5.41) is 9.09. The van der Waals surface area contributed by atoms with Crippen LogP contribution < -0.4 is 9.46 Å². The van der Waals surface area contributed by atoms with E-state index in [4.69, 9.17) is 9.84 Å². The van der Waals surface area contributed by atoms with E-state index in [0.717, 1.165) is 6.07 Å². The number of carboxylic acids is 1. The molecule has 1 unspecified atom stereocenters. The third-order valence-electron chi connectivity index (χ3n) is 3.05. The quantitative estimate of drug-likeness (QED) is 0.675. The van der Waals surface area contributed by atoms with E-state index in [1.807, 2.05) is 0 Å². The minimum absolute atomic E-state index is 0.00853. The summed E-state index contributed by atoms with van der Waals surface area (Å²) < 4.78 is 36.6. The molecular formula is C14H19NO7S. The number of sulfonamides is 1. The van der Waals surface area contributed by atoms with Crippen LogP contribution in [0.5, 0.6) is 5.75 Å². The van der Waals surface area contributed by atoms with Crippen molar-refractivity contribution in [3.8, 4) is 5.75 Å². The number of carbonyl (C=O) groups is 2. The van der Waals surface area contributed by atoms with E-state index in [0.29, 0.717) is 6.42 Å². The highest BCUT2D eigenvalue weighted by atomic mass is 32.2. The van der Waals surface area contributed by atoms with Crippen molar-refractivity contribution in [3.63, 3.8) is 0 Å². The molecule has 0 aliphatic rings. The molecule has 1 aromatic carbocycles. The van der Waals surface area contributed by atoms with E-state index in [2.05, 4.69) is 9.46 Å². The average Bonchev–Trinajstić information content (AvgIpc) is 2.52. The lowest BCUT2D eigenvalue weighted by Gasteiger charge is -2.16. The van der Waals surface area contributed by atoms with Gasteiger partial charge in [0.15, 0.2) is 0 Å². The molecule has 2 N–H and O–H groups in total. The number of carbonyl (C=O) groups excluding carboxylic acids is 1. The zero-order valence-electron chi connectivity index (χ0n) is 13.0. The summed E-state index contributed by atoms with van der Waals surface area (Å²) >= 11 is 0. The van der Waals surface area contributed by atoms with Crippen molar-refractivity contribution >= 4 is 22.0 Å². The van der Waals surface area contributed by atoms with E-state index >= 15 is 0 Å². The van der Waals surface area contributed by atoms with Crippen molar-refractivity contribution < 1.29 is 32.6 Å². The molecule has 0 spiro atoms. The summed E-state index contributed by atoms with van der Waals surface area (Å²) in [7, 11) is -1.76. The number of hydrogen-bond donors (Lipinski definition) is 2. The molecule has 0 saturated carbocycles. The van der Waals surface area contributed by atoms with E-state index in [9.17, 15) is 18.0 Å². The minimum atomic E-state index is -4.20. The number of ether oxygens (including phenoxy) is 2. The van der Waals surface area contributed by atoms with E-state index in [-0.39, 0.29) is 22.6 Å². The van der Waals surface area contributed by atoms with Crippen molar-refractivity contribution in [2.45, 2.75) is 30.7 Å². The topological polar surface area (TPSA) is 119 Å². The molecule has 9 heteroatoms. The first-order chi connectivity index (χ1) is 10.8. The molecule has 8 nitrogen and oxygen atoms in total. The molecule has 0 aliphatic heterocycles. The number of hydrogen-bond acceptors (Lipinski definition) is 6. The molecule has 0 radical (unpaired) electrons. The Hall–Kier alpha value is -2.13. The third-order valence-corrected chi connectivity index (χ3v) is 4.54. The maximum Gasteiger partial charge on any atom is 0.337 e. The number of rotatable bonds is 8. The van der Waals surface area contributed by atoms with Gasteiger partial charge in [0, 0.05) is 0 Å². The molecule has 0 aromatic heterocycles. The second-order valence-electron chi connectivity index (χ2n) is 4.66. The van der Waals surface area contributed by atoms with Crippen LogP contribution in [0.1, 0.15) is 30.1 Å². The molecule has 23 heavy (non-hydrogen) atoms. The Labute approximate surface area is 134 Å². The van der Waals surface area contributed by atoms with Crippen LogP contribution in [-0.4, -0.2) is 45.7 Å². The Morgan fingerprint density at radius 1 is 1.30 bits per heavy atom. The van der Waals surface area contributed by atoms with E-state index < -0.39 is 28.0 Å². The first kappa shape index (κ1) is 18.9. The van der Waals surface area contributed by atoms with Gasteiger partial charge in [-0.25, -0.2) is 13.2 Å². The number of nitrogens with one attached hydrogen (secondary N) is 1. The smallest absolute Gasteiger partial charge is 0.337 e. The molecule has 0 fully saturated rings. The molecule has 128 valence electrons. The van der Waals surface area contributed by atoms with Gasteiger partial charge in [0.1, 0.15) is 16.7 Å². The fourth-order valence-electron chi connectivity index (χ4n) is 1.90.